The van der Waals surface area contributed by atoms with Crippen LogP contribution in [0.1, 0.15) is 17.8 Å². The van der Waals surface area contributed by atoms with E-state index in [-0.39, 0.29) is 5.41 Å². The van der Waals surface area contributed by atoms with E-state index in [9.17, 15) is 0 Å². The van der Waals surface area contributed by atoms with Crippen molar-refractivity contribution in [3.8, 4) is 0 Å². The Balaban J connectivity index is 2.09. The van der Waals surface area contributed by atoms with Crippen LogP contribution < -0.4 is 5.73 Å². The van der Waals surface area contributed by atoms with Crippen molar-refractivity contribution in [2.45, 2.75) is 18.3 Å². The molecule has 96 valence electrons. The third kappa shape index (κ3) is 1.93. The van der Waals surface area contributed by atoms with E-state index in [2.05, 4.69) is 0 Å². The summed E-state index contributed by atoms with van der Waals surface area (Å²) in [5.41, 5.74) is 6.96. The van der Waals surface area contributed by atoms with Gasteiger partial charge in [0.2, 0.25) is 0 Å². The molecule has 3 rings (SSSR count). The van der Waals surface area contributed by atoms with Gasteiger partial charge in [0.25, 0.3) is 0 Å². The molecule has 1 aromatic heterocycles. The van der Waals surface area contributed by atoms with Gasteiger partial charge in [0.05, 0.1) is 15.2 Å². The van der Waals surface area contributed by atoms with Crippen LogP contribution in [-0.4, -0.2) is 24.7 Å². The molecule has 1 saturated heterocycles. The van der Waals surface area contributed by atoms with Crippen LogP contribution >= 0.6 is 22.9 Å². The molecule has 18 heavy (non-hydrogen) atoms. The minimum Gasteiger partial charge on any atom is -0.381 e. The summed E-state index contributed by atoms with van der Waals surface area (Å²) in [5.74, 6) is 0. The lowest BCUT2D eigenvalue weighted by molar-refractivity contribution is 0.0529. The first kappa shape index (κ1) is 12.4. The Kier molecular flexibility index (Phi) is 3.28. The third-order valence-corrected chi connectivity index (χ3v) is 5.44. The molecule has 5 heteroatoms. The maximum absolute atomic E-state index is 6.21. The fourth-order valence-corrected chi connectivity index (χ4v) is 3.92. The van der Waals surface area contributed by atoms with Crippen LogP contribution in [0.3, 0.4) is 0 Å². The van der Waals surface area contributed by atoms with Crippen LogP contribution in [0.4, 0.5) is 0 Å². The molecule has 1 aliphatic rings. The van der Waals surface area contributed by atoms with E-state index >= 15 is 0 Å². The summed E-state index contributed by atoms with van der Waals surface area (Å²) in [6, 6.07) is 5.85. The molecule has 0 unspecified atom stereocenters. The number of rotatable bonds is 2. The van der Waals surface area contributed by atoms with Gasteiger partial charge in [-0.15, -0.1) is 11.3 Å². The van der Waals surface area contributed by atoms with Crippen molar-refractivity contribution < 1.29 is 4.74 Å². The summed E-state index contributed by atoms with van der Waals surface area (Å²) >= 11 is 7.89. The topological polar surface area (TPSA) is 48.1 Å². The Morgan fingerprint density at radius 3 is 2.83 bits per heavy atom. The van der Waals surface area contributed by atoms with Crippen LogP contribution in [-0.2, 0) is 10.2 Å². The molecule has 0 spiro atoms. The molecule has 0 aliphatic carbocycles. The van der Waals surface area contributed by atoms with Gasteiger partial charge in [0, 0.05) is 25.2 Å². The summed E-state index contributed by atoms with van der Waals surface area (Å²) in [6.07, 6.45) is 1.89. The maximum atomic E-state index is 6.21. The highest BCUT2D eigenvalue weighted by atomic mass is 35.5. The van der Waals surface area contributed by atoms with Gasteiger partial charge in [0.15, 0.2) is 0 Å². The van der Waals surface area contributed by atoms with E-state index < -0.39 is 0 Å². The largest absolute Gasteiger partial charge is 0.381 e. The van der Waals surface area contributed by atoms with Gasteiger partial charge in [0.1, 0.15) is 5.01 Å². The molecule has 2 aromatic rings. The van der Waals surface area contributed by atoms with Crippen LogP contribution in [0.5, 0.6) is 0 Å². The van der Waals surface area contributed by atoms with Crippen molar-refractivity contribution in [3.05, 3.63) is 28.2 Å². The number of aromatic nitrogens is 1. The zero-order valence-electron chi connectivity index (χ0n) is 9.99. The summed E-state index contributed by atoms with van der Waals surface area (Å²) in [7, 11) is 0. The van der Waals surface area contributed by atoms with E-state index in [0.29, 0.717) is 6.54 Å². The molecule has 0 bridgehead atoms. The molecule has 0 amide bonds. The zero-order valence-corrected chi connectivity index (χ0v) is 11.6. The molecular weight excluding hydrogens is 268 g/mol. The molecule has 1 aliphatic heterocycles. The highest BCUT2D eigenvalue weighted by molar-refractivity contribution is 7.19. The molecule has 2 N–H and O–H groups in total. The second kappa shape index (κ2) is 4.78. The van der Waals surface area contributed by atoms with Crippen molar-refractivity contribution >= 4 is 33.2 Å². The fourth-order valence-electron chi connectivity index (χ4n) is 2.41. The number of ether oxygens (including phenoxy) is 1. The monoisotopic (exact) mass is 282 g/mol. The highest BCUT2D eigenvalue weighted by Gasteiger charge is 2.36. The van der Waals surface area contributed by atoms with Crippen LogP contribution in [0.2, 0.25) is 5.02 Å². The van der Waals surface area contributed by atoms with Gasteiger partial charge < -0.3 is 10.5 Å². The fraction of sp³-hybridized carbons (Fsp3) is 0.462. The quantitative estimate of drug-likeness (QED) is 0.921. The standard InChI is InChI=1S/C13H15ClN2OS/c14-9-2-1-3-10-11(9)18-12(16-10)13(8-15)4-6-17-7-5-13/h1-3H,4-8,15H2. The van der Waals surface area contributed by atoms with Crippen molar-refractivity contribution in [2.75, 3.05) is 19.8 Å². The molecular formula is C13H15ClN2OS. The Morgan fingerprint density at radius 2 is 2.17 bits per heavy atom. The second-order valence-electron chi connectivity index (χ2n) is 4.70. The van der Waals surface area contributed by atoms with Crippen molar-refractivity contribution in [2.24, 2.45) is 5.73 Å². The minimum absolute atomic E-state index is 0.0226. The van der Waals surface area contributed by atoms with Gasteiger partial charge >= 0.3 is 0 Å². The molecule has 2 heterocycles. The van der Waals surface area contributed by atoms with Gasteiger partial charge in [-0.25, -0.2) is 4.98 Å². The molecule has 3 nitrogen and oxygen atoms in total. The number of fused-ring (bicyclic) bond motifs is 1. The molecule has 1 aromatic carbocycles. The predicted molar refractivity (Wildman–Crippen MR) is 75.4 cm³/mol. The van der Waals surface area contributed by atoms with E-state index in [1.807, 2.05) is 18.2 Å². The zero-order chi connectivity index (χ0) is 12.6. The predicted octanol–water partition coefficient (Wildman–Crippen LogP) is 2.96. The minimum atomic E-state index is -0.0226. The number of nitrogens with zero attached hydrogens (tertiary/aromatic N) is 1. The van der Waals surface area contributed by atoms with Crippen molar-refractivity contribution in [3.63, 3.8) is 0 Å². The van der Waals surface area contributed by atoms with Gasteiger partial charge in [-0.3, -0.25) is 0 Å². The summed E-state index contributed by atoms with van der Waals surface area (Å²) < 4.78 is 6.50. The number of nitrogens with two attached hydrogens (primary N) is 1. The summed E-state index contributed by atoms with van der Waals surface area (Å²) in [4.78, 5) is 4.74. The van der Waals surface area contributed by atoms with Crippen molar-refractivity contribution in [1.29, 1.82) is 0 Å². The first-order valence-corrected chi connectivity index (χ1v) is 7.28. The normalized spacial score (nSPS) is 19.2. The first-order valence-electron chi connectivity index (χ1n) is 6.08. The molecule has 1 fully saturated rings. The average Bonchev–Trinajstić information content (AvgIpc) is 2.85. The Labute approximate surface area is 115 Å². The smallest absolute Gasteiger partial charge is 0.101 e. The van der Waals surface area contributed by atoms with Gasteiger partial charge in [-0.2, -0.15) is 0 Å². The Bertz CT molecular complexity index is 563. The van der Waals surface area contributed by atoms with Gasteiger partial charge in [-0.05, 0) is 25.0 Å². The average molecular weight is 283 g/mol. The van der Waals surface area contributed by atoms with Crippen LogP contribution in [0, 0.1) is 0 Å². The third-order valence-electron chi connectivity index (χ3n) is 3.66. The van der Waals surface area contributed by atoms with E-state index in [1.54, 1.807) is 11.3 Å². The molecule has 0 saturated carbocycles. The SMILES string of the molecule is NCC1(c2nc3cccc(Cl)c3s2)CCOCC1. The van der Waals surface area contributed by atoms with E-state index in [4.69, 9.17) is 27.1 Å². The van der Waals surface area contributed by atoms with Crippen molar-refractivity contribution in [1.82, 2.24) is 4.98 Å². The summed E-state index contributed by atoms with van der Waals surface area (Å²) in [6.45, 7) is 2.15. The maximum Gasteiger partial charge on any atom is 0.101 e. The number of hydrogen-bond donors (Lipinski definition) is 1. The molecule has 0 radical (unpaired) electrons. The first-order chi connectivity index (χ1) is 8.75. The Morgan fingerprint density at radius 1 is 1.39 bits per heavy atom. The van der Waals surface area contributed by atoms with Crippen LogP contribution in [0.25, 0.3) is 10.2 Å². The lowest BCUT2D eigenvalue weighted by Gasteiger charge is -2.34. The number of thiazole rings is 1. The van der Waals surface area contributed by atoms with Crippen LogP contribution in [0.15, 0.2) is 18.2 Å². The lowest BCUT2D eigenvalue weighted by Crippen LogP contribution is -2.40. The van der Waals surface area contributed by atoms with E-state index in [0.717, 1.165) is 46.3 Å². The number of benzene rings is 1. The van der Waals surface area contributed by atoms with E-state index in [1.165, 1.54) is 0 Å². The lowest BCUT2D eigenvalue weighted by atomic mass is 9.81. The number of hydrogen-bond acceptors (Lipinski definition) is 4. The van der Waals surface area contributed by atoms with Gasteiger partial charge in [-0.1, -0.05) is 17.7 Å². The summed E-state index contributed by atoms with van der Waals surface area (Å²) in [5, 5.41) is 1.88. The molecule has 0 atom stereocenters. The highest BCUT2D eigenvalue weighted by Crippen LogP contribution is 2.40. The second-order valence-corrected chi connectivity index (χ2v) is 6.11. The number of halogens is 1. The Hall–Kier alpha value is -0.680.